The van der Waals surface area contributed by atoms with Gasteiger partial charge in [-0.3, -0.25) is 0 Å². The molecule has 1 aliphatic heterocycles. The summed E-state index contributed by atoms with van der Waals surface area (Å²) < 4.78 is 5.36. The van der Waals surface area contributed by atoms with Gasteiger partial charge in [0.1, 0.15) is 17.3 Å². The van der Waals surface area contributed by atoms with E-state index in [1.54, 1.807) is 27.0 Å². The van der Waals surface area contributed by atoms with Crippen molar-refractivity contribution in [3.8, 4) is 0 Å². The van der Waals surface area contributed by atoms with Gasteiger partial charge in [-0.1, -0.05) is 18.2 Å². The maximum Gasteiger partial charge on any atom is 0.410 e. The molecule has 2 atom stereocenters. The minimum Gasteiger partial charge on any atom is -0.444 e. The summed E-state index contributed by atoms with van der Waals surface area (Å²) in [6.07, 6.45) is 0.440. The first-order valence-corrected chi connectivity index (χ1v) is 8.57. The predicted octanol–water partition coefficient (Wildman–Crippen LogP) is 2.67. The number of carbonyl (C=O) groups excluding carboxylic acids is 1. The molecule has 0 saturated carbocycles. The van der Waals surface area contributed by atoms with Gasteiger partial charge in [0, 0.05) is 35.6 Å². The smallest absolute Gasteiger partial charge is 0.410 e. The van der Waals surface area contributed by atoms with Gasteiger partial charge in [0.15, 0.2) is 0 Å². The molecule has 0 aliphatic carbocycles. The highest BCUT2D eigenvalue weighted by molar-refractivity contribution is 5.86. The van der Waals surface area contributed by atoms with Gasteiger partial charge in [0.2, 0.25) is 0 Å². The van der Waals surface area contributed by atoms with Crippen molar-refractivity contribution in [1.29, 1.82) is 0 Å². The van der Waals surface area contributed by atoms with E-state index in [-0.39, 0.29) is 13.0 Å². The number of hydrogen-bond donors (Lipinski definition) is 3. The van der Waals surface area contributed by atoms with Crippen molar-refractivity contribution in [2.45, 2.75) is 51.4 Å². The number of piperidine rings is 1. The number of ether oxygens (including phenoxy) is 1. The summed E-state index contributed by atoms with van der Waals surface area (Å²) in [6.45, 7) is 7.75. The number of β-amino-alcohol motifs (C(OH)–C–C–N with tert-alkyl or cyclic N) is 1. The lowest BCUT2D eigenvalue weighted by Crippen LogP contribution is -2.55. The monoisotopic (exact) mass is 346 g/mol. The van der Waals surface area contributed by atoms with Crippen LogP contribution in [0.4, 0.5) is 4.79 Å². The predicted molar refractivity (Wildman–Crippen MR) is 95.4 cm³/mol. The van der Waals surface area contributed by atoms with E-state index in [4.69, 9.17) is 4.74 Å². The van der Waals surface area contributed by atoms with Crippen LogP contribution in [0.5, 0.6) is 0 Å². The molecule has 1 aromatic carbocycles. The molecule has 0 bridgehead atoms. The zero-order valence-corrected chi connectivity index (χ0v) is 15.2. The molecule has 25 heavy (non-hydrogen) atoms. The van der Waals surface area contributed by atoms with E-state index in [0.717, 1.165) is 16.5 Å². The number of aromatic amines is 1. The first kappa shape index (κ1) is 17.8. The lowest BCUT2D eigenvalue weighted by Gasteiger charge is -2.42. The number of aromatic nitrogens is 1. The van der Waals surface area contributed by atoms with E-state index in [9.17, 15) is 15.0 Å². The number of nitrogens with one attached hydrogen (secondary N) is 1. The van der Waals surface area contributed by atoms with Crippen LogP contribution < -0.4 is 0 Å². The van der Waals surface area contributed by atoms with Crippen LogP contribution in [0, 0.1) is 6.92 Å². The highest BCUT2D eigenvalue weighted by Gasteiger charge is 2.45. The second-order valence-electron chi connectivity index (χ2n) is 7.82. The van der Waals surface area contributed by atoms with Crippen LogP contribution in [-0.2, 0) is 10.3 Å². The largest absolute Gasteiger partial charge is 0.444 e. The summed E-state index contributed by atoms with van der Waals surface area (Å²) >= 11 is 0. The number of benzene rings is 1. The highest BCUT2D eigenvalue weighted by atomic mass is 16.6. The Balaban J connectivity index is 1.84. The van der Waals surface area contributed by atoms with Crippen LogP contribution >= 0.6 is 0 Å². The van der Waals surface area contributed by atoms with Gasteiger partial charge < -0.3 is 24.8 Å². The minimum atomic E-state index is -1.40. The number of para-hydroxylation sites is 1. The molecule has 1 fully saturated rings. The molecule has 0 radical (unpaired) electrons. The van der Waals surface area contributed by atoms with Crippen molar-refractivity contribution in [2.75, 3.05) is 13.1 Å². The van der Waals surface area contributed by atoms with E-state index in [2.05, 4.69) is 4.98 Å². The SMILES string of the molecule is Cc1cccc2c([C@]3(O)CCN(C(=O)OC(C)(C)C)C[C@H]3O)c[nH]c12. The zero-order valence-electron chi connectivity index (χ0n) is 15.2. The Morgan fingerprint density at radius 1 is 1.40 bits per heavy atom. The molecule has 6 nitrogen and oxygen atoms in total. The third-order valence-electron chi connectivity index (χ3n) is 4.75. The molecule has 2 heterocycles. The molecule has 1 saturated heterocycles. The first-order chi connectivity index (χ1) is 11.6. The van der Waals surface area contributed by atoms with E-state index in [1.807, 2.05) is 25.1 Å². The molecule has 2 aromatic rings. The van der Waals surface area contributed by atoms with Crippen LogP contribution in [0.25, 0.3) is 10.9 Å². The second-order valence-corrected chi connectivity index (χ2v) is 7.82. The van der Waals surface area contributed by atoms with Crippen molar-refractivity contribution in [3.63, 3.8) is 0 Å². The molecule has 1 amide bonds. The number of nitrogens with zero attached hydrogens (tertiary/aromatic N) is 1. The maximum atomic E-state index is 12.2. The number of carbonyl (C=O) groups is 1. The van der Waals surface area contributed by atoms with Crippen LogP contribution in [-0.4, -0.2) is 51.0 Å². The summed E-state index contributed by atoms with van der Waals surface area (Å²) in [5.41, 5.74) is 0.706. The summed E-state index contributed by atoms with van der Waals surface area (Å²) in [4.78, 5) is 16.9. The van der Waals surface area contributed by atoms with Crippen LogP contribution in [0.2, 0.25) is 0 Å². The van der Waals surface area contributed by atoms with Crippen LogP contribution in [0.1, 0.15) is 38.3 Å². The van der Waals surface area contributed by atoms with Gasteiger partial charge in [-0.2, -0.15) is 0 Å². The van der Waals surface area contributed by atoms with Crippen LogP contribution in [0.3, 0.4) is 0 Å². The molecule has 1 aliphatic rings. The number of aliphatic hydroxyl groups is 2. The van der Waals surface area contributed by atoms with Crippen molar-refractivity contribution >= 4 is 17.0 Å². The fourth-order valence-corrected chi connectivity index (χ4v) is 3.39. The van der Waals surface area contributed by atoms with E-state index in [0.29, 0.717) is 12.1 Å². The summed E-state index contributed by atoms with van der Waals surface area (Å²) in [5, 5.41) is 22.7. The first-order valence-electron chi connectivity index (χ1n) is 8.57. The second kappa shape index (κ2) is 6.04. The normalized spacial score (nSPS) is 24.6. The van der Waals surface area contributed by atoms with Gasteiger partial charge in [0.05, 0.1) is 6.54 Å². The van der Waals surface area contributed by atoms with Crippen LogP contribution in [0.15, 0.2) is 24.4 Å². The number of rotatable bonds is 1. The minimum absolute atomic E-state index is 0.0316. The highest BCUT2D eigenvalue weighted by Crippen LogP contribution is 2.38. The Morgan fingerprint density at radius 2 is 2.12 bits per heavy atom. The Morgan fingerprint density at radius 3 is 2.76 bits per heavy atom. The molecular weight excluding hydrogens is 320 g/mol. The number of amides is 1. The standard InChI is InChI=1S/C19H26N2O4/c1-12-6-5-7-13-14(10-20-16(12)13)19(24)8-9-21(11-15(19)22)17(23)25-18(2,3)4/h5-7,10,15,20,22,24H,8-9,11H2,1-4H3/t15-,19-/m1/s1. The number of likely N-dealkylation sites (tertiary alicyclic amines) is 1. The average Bonchev–Trinajstić information content (AvgIpc) is 2.94. The van der Waals surface area contributed by atoms with Crippen molar-refractivity contribution in [2.24, 2.45) is 0 Å². The third kappa shape index (κ3) is 3.24. The van der Waals surface area contributed by atoms with E-state index >= 15 is 0 Å². The number of aliphatic hydroxyl groups excluding tert-OH is 1. The van der Waals surface area contributed by atoms with E-state index in [1.165, 1.54) is 4.90 Å². The van der Waals surface area contributed by atoms with Crippen molar-refractivity contribution in [1.82, 2.24) is 9.88 Å². The van der Waals surface area contributed by atoms with Gasteiger partial charge in [-0.25, -0.2) is 4.79 Å². The Hall–Kier alpha value is -2.05. The summed E-state index contributed by atoms with van der Waals surface area (Å²) in [7, 11) is 0. The number of aryl methyl sites for hydroxylation is 1. The van der Waals surface area contributed by atoms with E-state index < -0.39 is 23.4 Å². The Kier molecular flexibility index (Phi) is 4.29. The van der Waals surface area contributed by atoms with Gasteiger partial charge >= 0.3 is 6.09 Å². The lowest BCUT2D eigenvalue weighted by molar-refractivity contribution is -0.122. The number of fused-ring (bicyclic) bond motifs is 1. The summed E-state index contributed by atoms with van der Waals surface area (Å²) in [6, 6.07) is 5.86. The third-order valence-corrected chi connectivity index (χ3v) is 4.75. The molecule has 6 heteroatoms. The number of hydrogen-bond acceptors (Lipinski definition) is 4. The molecule has 136 valence electrons. The van der Waals surface area contributed by atoms with Gasteiger partial charge in [-0.05, 0) is 33.3 Å². The van der Waals surface area contributed by atoms with Crippen molar-refractivity contribution < 1.29 is 19.7 Å². The Labute approximate surface area is 147 Å². The molecule has 3 rings (SSSR count). The fourth-order valence-electron chi connectivity index (χ4n) is 3.39. The summed E-state index contributed by atoms with van der Waals surface area (Å²) in [5.74, 6) is 0. The van der Waals surface area contributed by atoms with Crippen molar-refractivity contribution in [3.05, 3.63) is 35.5 Å². The molecule has 0 unspecified atom stereocenters. The molecular formula is C19H26N2O4. The quantitative estimate of drug-likeness (QED) is 0.741. The molecule has 1 aromatic heterocycles. The topological polar surface area (TPSA) is 85.8 Å². The number of H-pyrrole nitrogens is 1. The fraction of sp³-hybridized carbons (Fsp3) is 0.526. The zero-order chi connectivity index (χ0) is 18.4. The Bertz CT molecular complexity index is 792. The average molecular weight is 346 g/mol. The maximum absolute atomic E-state index is 12.2. The van der Waals surface area contributed by atoms with Gasteiger partial charge in [0.25, 0.3) is 0 Å². The lowest BCUT2D eigenvalue weighted by atomic mass is 9.82. The molecule has 0 spiro atoms. The molecule has 3 N–H and O–H groups in total. The van der Waals surface area contributed by atoms with Gasteiger partial charge in [-0.15, -0.1) is 0 Å².